The molecule has 2 aromatic heterocycles. The van der Waals surface area contributed by atoms with Crippen molar-refractivity contribution in [2.24, 2.45) is 0 Å². The van der Waals surface area contributed by atoms with E-state index in [-0.39, 0.29) is 24.2 Å². The second kappa shape index (κ2) is 7.22. The van der Waals surface area contributed by atoms with Gasteiger partial charge in [0.15, 0.2) is 17.2 Å². The number of rotatable bonds is 5. The SMILES string of the molecule is CCN(CC)C(=O)c1nc(C(=O)Nc2ccc3c(c2)OCO3)c2ccccn12. The van der Waals surface area contributed by atoms with Crippen LogP contribution in [0, 0.1) is 0 Å². The largest absolute Gasteiger partial charge is 0.454 e. The summed E-state index contributed by atoms with van der Waals surface area (Å²) < 4.78 is 12.3. The van der Waals surface area contributed by atoms with E-state index in [4.69, 9.17) is 9.47 Å². The molecule has 3 heterocycles. The summed E-state index contributed by atoms with van der Waals surface area (Å²) in [4.78, 5) is 31.8. The van der Waals surface area contributed by atoms with Gasteiger partial charge in [-0.2, -0.15) is 0 Å². The highest BCUT2D eigenvalue weighted by Crippen LogP contribution is 2.34. The lowest BCUT2D eigenvalue weighted by Gasteiger charge is -2.17. The smallest absolute Gasteiger partial charge is 0.290 e. The quantitative estimate of drug-likeness (QED) is 0.736. The van der Waals surface area contributed by atoms with Crippen LogP contribution in [0.1, 0.15) is 35.0 Å². The number of amides is 2. The zero-order valence-corrected chi connectivity index (χ0v) is 15.6. The molecule has 144 valence electrons. The molecule has 0 unspecified atom stereocenters. The summed E-state index contributed by atoms with van der Waals surface area (Å²) in [6.07, 6.45) is 1.73. The van der Waals surface area contributed by atoms with Gasteiger partial charge in [0.2, 0.25) is 12.6 Å². The van der Waals surface area contributed by atoms with Crippen LogP contribution >= 0.6 is 0 Å². The highest BCUT2D eigenvalue weighted by Gasteiger charge is 2.24. The van der Waals surface area contributed by atoms with Gasteiger partial charge in [0.25, 0.3) is 11.8 Å². The number of hydrogen-bond donors (Lipinski definition) is 1. The fraction of sp³-hybridized carbons (Fsp3) is 0.250. The first-order chi connectivity index (χ1) is 13.6. The molecule has 0 spiro atoms. The topological polar surface area (TPSA) is 85.2 Å². The molecule has 0 atom stereocenters. The molecule has 1 N–H and O–H groups in total. The van der Waals surface area contributed by atoms with E-state index in [9.17, 15) is 9.59 Å². The third-order valence-corrected chi connectivity index (χ3v) is 4.64. The maximum Gasteiger partial charge on any atom is 0.290 e. The Labute approximate surface area is 161 Å². The lowest BCUT2D eigenvalue weighted by atomic mass is 10.2. The zero-order chi connectivity index (χ0) is 19.7. The van der Waals surface area contributed by atoms with Gasteiger partial charge in [0, 0.05) is 31.0 Å². The van der Waals surface area contributed by atoms with Gasteiger partial charge in [0.1, 0.15) is 0 Å². The van der Waals surface area contributed by atoms with Gasteiger partial charge in [-0.1, -0.05) is 6.07 Å². The minimum Gasteiger partial charge on any atom is -0.454 e. The number of pyridine rings is 1. The maximum atomic E-state index is 12.9. The van der Waals surface area contributed by atoms with E-state index in [1.807, 2.05) is 13.8 Å². The number of hydrogen-bond acceptors (Lipinski definition) is 5. The Morgan fingerprint density at radius 2 is 1.93 bits per heavy atom. The molecule has 1 aromatic carbocycles. The second-order valence-corrected chi connectivity index (χ2v) is 6.24. The predicted molar refractivity (Wildman–Crippen MR) is 103 cm³/mol. The molecule has 8 nitrogen and oxygen atoms in total. The second-order valence-electron chi connectivity index (χ2n) is 6.24. The van der Waals surface area contributed by atoms with Crippen molar-refractivity contribution in [3.8, 4) is 11.5 Å². The minimum absolute atomic E-state index is 0.162. The van der Waals surface area contributed by atoms with Gasteiger partial charge in [-0.05, 0) is 38.1 Å². The van der Waals surface area contributed by atoms with Crippen LogP contribution in [0.3, 0.4) is 0 Å². The summed E-state index contributed by atoms with van der Waals surface area (Å²) in [5.41, 5.74) is 1.31. The molecule has 0 bridgehead atoms. The molecule has 2 amide bonds. The number of ether oxygens (including phenoxy) is 2. The zero-order valence-electron chi connectivity index (χ0n) is 15.6. The summed E-state index contributed by atoms with van der Waals surface area (Å²) in [6.45, 7) is 5.11. The molecule has 1 aliphatic rings. The van der Waals surface area contributed by atoms with Crippen LogP contribution in [0.2, 0.25) is 0 Å². The number of aromatic nitrogens is 2. The number of benzene rings is 1. The predicted octanol–water partition coefficient (Wildman–Crippen LogP) is 2.80. The molecule has 0 fully saturated rings. The highest BCUT2D eigenvalue weighted by atomic mass is 16.7. The summed E-state index contributed by atoms with van der Waals surface area (Å²) in [6, 6.07) is 10.5. The van der Waals surface area contributed by atoms with Crippen LogP contribution in [-0.2, 0) is 0 Å². The molecule has 0 saturated carbocycles. The Balaban J connectivity index is 1.68. The molecule has 28 heavy (non-hydrogen) atoms. The van der Waals surface area contributed by atoms with Crippen molar-refractivity contribution in [3.63, 3.8) is 0 Å². The first-order valence-electron chi connectivity index (χ1n) is 9.09. The number of nitrogens with zero attached hydrogens (tertiary/aromatic N) is 3. The molecule has 1 aliphatic heterocycles. The number of fused-ring (bicyclic) bond motifs is 2. The fourth-order valence-corrected chi connectivity index (χ4v) is 3.17. The van der Waals surface area contributed by atoms with Crippen molar-refractivity contribution < 1.29 is 19.1 Å². The van der Waals surface area contributed by atoms with E-state index in [1.165, 1.54) is 0 Å². The molecular formula is C20H20N4O4. The van der Waals surface area contributed by atoms with Gasteiger partial charge in [-0.25, -0.2) is 4.98 Å². The molecule has 4 rings (SSSR count). The number of imidazole rings is 1. The first kappa shape index (κ1) is 17.8. The van der Waals surface area contributed by atoms with Crippen molar-refractivity contribution >= 4 is 23.0 Å². The first-order valence-corrected chi connectivity index (χ1v) is 9.09. The minimum atomic E-state index is -0.402. The van der Waals surface area contributed by atoms with E-state index >= 15 is 0 Å². The van der Waals surface area contributed by atoms with E-state index < -0.39 is 5.91 Å². The Hall–Kier alpha value is -3.55. The Morgan fingerprint density at radius 3 is 2.71 bits per heavy atom. The van der Waals surface area contributed by atoms with Crippen molar-refractivity contribution in [3.05, 3.63) is 54.1 Å². The Bertz CT molecular complexity index is 1060. The fourth-order valence-electron chi connectivity index (χ4n) is 3.17. The van der Waals surface area contributed by atoms with Crippen LogP contribution in [0.25, 0.3) is 5.52 Å². The third-order valence-electron chi connectivity index (χ3n) is 4.64. The van der Waals surface area contributed by atoms with Crippen molar-refractivity contribution in [1.29, 1.82) is 0 Å². The van der Waals surface area contributed by atoms with Crippen LogP contribution in [-0.4, -0.2) is 46.0 Å². The van der Waals surface area contributed by atoms with Gasteiger partial charge in [-0.15, -0.1) is 0 Å². The average molecular weight is 380 g/mol. The van der Waals surface area contributed by atoms with Gasteiger partial charge >= 0.3 is 0 Å². The lowest BCUT2D eigenvalue weighted by Crippen LogP contribution is -2.32. The van der Waals surface area contributed by atoms with Crippen molar-refractivity contribution in [2.45, 2.75) is 13.8 Å². The molecular weight excluding hydrogens is 360 g/mol. The van der Waals surface area contributed by atoms with E-state index in [0.29, 0.717) is 35.8 Å². The molecule has 0 saturated heterocycles. The normalized spacial score (nSPS) is 12.2. The van der Waals surface area contributed by atoms with E-state index in [2.05, 4.69) is 10.3 Å². The molecule has 0 aliphatic carbocycles. The summed E-state index contributed by atoms with van der Waals surface area (Å²) in [5.74, 6) is 0.812. The van der Waals surface area contributed by atoms with Gasteiger partial charge < -0.3 is 19.7 Å². The summed E-state index contributed by atoms with van der Waals surface area (Å²) in [7, 11) is 0. The highest BCUT2D eigenvalue weighted by molar-refractivity contribution is 6.09. The van der Waals surface area contributed by atoms with Gasteiger partial charge in [0.05, 0.1) is 5.52 Å². The Kier molecular flexibility index (Phi) is 4.60. The molecule has 8 heteroatoms. The Morgan fingerprint density at radius 1 is 1.14 bits per heavy atom. The lowest BCUT2D eigenvalue weighted by molar-refractivity contribution is 0.0760. The van der Waals surface area contributed by atoms with E-state index in [0.717, 1.165) is 0 Å². The standard InChI is InChI=1S/C20H20N4O4/c1-3-23(4-2)20(26)18-22-17(14-7-5-6-10-24(14)18)19(25)21-13-8-9-15-16(11-13)28-12-27-15/h5-11H,3-4,12H2,1-2H3,(H,21,25). The van der Waals surface area contributed by atoms with Crippen LogP contribution < -0.4 is 14.8 Å². The van der Waals surface area contributed by atoms with E-state index in [1.54, 1.807) is 51.9 Å². The van der Waals surface area contributed by atoms with Crippen LogP contribution in [0.5, 0.6) is 11.5 Å². The van der Waals surface area contributed by atoms with Crippen molar-refractivity contribution in [2.75, 3.05) is 25.2 Å². The van der Waals surface area contributed by atoms with Crippen LogP contribution in [0.4, 0.5) is 5.69 Å². The molecule has 0 radical (unpaired) electrons. The van der Waals surface area contributed by atoms with Crippen molar-refractivity contribution in [1.82, 2.24) is 14.3 Å². The molecule has 3 aromatic rings. The third kappa shape index (κ3) is 3.02. The number of carbonyl (C=O) groups is 2. The summed E-state index contributed by atoms with van der Waals surface area (Å²) in [5, 5.41) is 2.81. The average Bonchev–Trinajstić information content (AvgIpc) is 3.33. The number of anilines is 1. The van der Waals surface area contributed by atoms with Gasteiger partial charge in [-0.3, -0.25) is 14.0 Å². The maximum absolute atomic E-state index is 12.9. The summed E-state index contributed by atoms with van der Waals surface area (Å²) >= 11 is 0. The number of nitrogens with one attached hydrogen (secondary N) is 1. The number of carbonyl (C=O) groups excluding carboxylic acids is 2. The monoisotopic (exact) mass is 380 g/mol. The van der Waals surface area contributed by atoms with Crippen LogP contribution in [0.15, 0.2) is 42.6 Å².